The summed E-state index contributed by atoms with van der Waals surface area (Å²) < 4.78 is 0. The number of carboxylic acid groups (broad SMARTS) is 1. The van der Waals surface area contributed by atoms with Crippen molar-refractivity contribution in [3.63, 3.8) is 0 Å². The van der Waals surface area contributed by atoms with Gasteiger partial charge in [-0.2, -0.15) is 5.10 Å². The minimum Gasteiger partial charge on any atom is -0.507 e. The van der Waals surface area contributed by atoms with Gasteiger partial charge in [0.2, 0.25) is 11.8 Å². The third kappa shape index (κ3) is 5.09. The quantitative estimate of drug-likeness (QED) is 0.417. The summed E-state index contributed by atoms with van der Waals surface area (Å²) in [6.45, 7) is -0.496. The van der Waals surface area contributed by atoms with E-state index in [2.05, 4.69) is 20.8 Å². The number of phenolic OH excluding ortho intramolecular Hbond substituents is 1. The summed E-state index contributed by atoms with van der Waals surface area (Å²) in [5, 5.41) is 29.8. The first kappa shape index (κ1) is 17.5. The van der Waals surface area contributed by atoms with E-state index < -0.39 is 29.6 Å². The number of hydrogen-bond acceptors (Lipinski definition) is 7. The second-order valence-corrected chi connectivity index (χ2v) is 5.87. The van der Waals surface area contributed by atoms with Crippen molar-refractivity contribution >= 4 is 40.9 Å². The van der Waals surface area contributed by atoms with E-state index in [0.717, 1.165) is 11.8 Å². The zero-order chi connectivity index (χ0) is 17.5. The summed E-state index contributed by atoms with van der Waals surface area (Å²) in [4.78, 5) is 33.6. The van der Waals surface area contributed by atoms with E-state index >= 15 is 0 Å². The monoisotopic (exact) mass is 350 g/mol. The molecule has 126 valence electrons. The van der Waals surface area contributed by atoms with Crippen LogP contribution in [0.3, 0.4) is 0 Å². The van der Waals surface area contributed by atoms with Crippen molar-refractivity contribution in [2.45, 2.75) is 11.7 Å². The van der Waals surface area contributed by atoms with Crippen LogP contribution in [0.5, 0.6) is 5.75 Å². The number of thioether (sulfide) groups is 1. The Morgan fingerprint density at radius 2 is 2.12 bits per heavy atom. The second kappa shape index (κ2) is 8.11. The summed E-state index contributed by atoms with van der Waals surface area (Å²) in [5.74, 6) is -2.05. The van der Waals surface area contributed by atoms with Gasteiger partial charge in [-0.05, 0) is 12.1 Å². The van der Waals surface area contributed by atoms with E-state index in [1.807, 2.05) is 0 Å². The third-order valence-electron chi connectivity index (χ3n) is 2.87. The summed E-state index contributed by atoms with van der Waals surface area (Å²) in [6, 6.07) is 6.55. The molecule has 0 aliphatic carbocycles. The predicted octanol–water partition coefficient (Wildman–Crippen LogP) is -0.0954. The number of phenols is 1. The van der Waals surface area contributed by atoms with E-state index in [1.165, 1.54) is 12.3 Å². The van der Waals surface area contributed by atoms with Crippen LogP contribution in [0.25, 0.3) is 0 Å². The van der Waals surface area contributed by atoms with Crippen LogP contribution in [0.4, 0.5) is 0 Å². The maximum atomic E-state index is 11.7. The van der Waals surface area contributed by atoms with Crippen molar-refractivity contribution < 1.29 is 24.6 Å². The normalized spacial score (nSPS) is 18.8. The maximum Gasteiger partial charge on any atom is 0.322 e. The fourth-order valence-electron chi connectivity index (χ4n) is 1.74. The fourth-order valence-corrected chi connectivity index (χ4v) is 2.67. The highest BCUT2D eigenvalue weighted by atomic mass is 32.2. The molecule has 0 radical (unpaired) electrons. The molecule has 2 rings (SSSR count). The number of aromatic hydroxyl groups is 1. The first-order valence-electron chi connectivity index (χ1n) is 6.80. The molecule has 0 saturated carbocycles. The van der Waals surface area contributed by atoms with Gasteiger partial charge < -0.3 is 20.8 Å². The smallest absolute Gasteiger partial charge is 0.322 e. The van der Waals surface area contributed by atoms with Gasteiger partial charge in [-0.1, -0.05) is 23.9 Å². The van der Waals surface area contributed by atoms with Crippen LogP contribution in [-0.4, -0.2) is 51.2 Å². The van der Waals surface area contributed by atoms with Crippen molar-refractivity contribution in [1.82, 2.24) is 10.6 Å². The second-order valence-electron chi connectivity index (χ2n) is 4.68. The Morgan fingerprint density at radius 1 is 1.38 bits per heavy atom. The Morgan fingerprint density at radius 3 is 2.83 bits per heavy atom. The third-order valence-corrected chi connectivity index (χ3v) is 3.94. The topological polar surface area (TPSA) is 140 Å². The number of carbonyl (C=O) groups excluding carboxylic acids is 2. The lowest BCUT2D eigenvalue weighted by molar-refractivity contribution is -0.137. The number of rotatable bonds is 6. The van der Waals surface area contributed by atoms with Gasteiger partial charge in [0, 0.05) is 12.0 Å². The van der Waals surface area contributed by atoms with Crippen molar-refractivity contribution in [3.05, 3.63) is 29.8 Å². The first-order chi connectivity index (χ1) is 11.5. The number of amides is 2. The number of hydrogen-bond donors (Lipinski definition) is 4. The molecule has 10 heteroatoms. The average molecular weight is 350 g/mol. The molecule has 1 heterocycles. The summed E-state index contributed by atoms with van der Waals surface area (Å²) in [5.41, 5.74) is 0.473. The van der Waals surface area contributed by atoms with E-state index in [1.54, 1.807) is 18.2 Å². The minimum absolute atomic E-state index is 0.0533. The Bertz CT molecular complexity index is 719. The van der Waals surface area contributed by atoms with Crippen LogP contribution in [0, 0.1) is 0 Å². The summed E-state index contributed by atoms with van der Waals surface area (Å²) in [6.07, 6.45) is 1.17. The van der Waals surface area contributed by atoms with Gasteiger partial charge in [0.15, 0.2) is 5.17 Å². The number of carbonyl (C=O) groups is 3. The van der Waals surface area contributed by atoms with Crippen molar-refractivity contribution in [2.75, 3.05) is 6.54 Å². The molecule has 0 unspecified atom stereocenters. The van der Waals surface area contributed by atoms with Crippen molar-refractivity contribution in [3.8, 4) is 5.75 Å². The fraction of sp³-hybridized carbons (Fsp3) is 0.214. The molecular weight excluding hydrogens is 336 g/mol. The maximum absolute atomic E-state index is 11.7. The number of benzene rings is 1. The van der Waals surface area contributed by atoms with Crippen LogP contribution in [0.15, 0.2) is 34.5 Å². The largest absolute Gasteiger partial charge is 0.507 e. The molecule has 0 bridgehead atoms. The van der Waals surface area contributed by atoms with E-state index in [9.17, 15) is 19.5 Å². The van der Waals surface area contributed by atoms with Gasteiger partial charge >= 0.3 is 5.97 Å². The average Bonchev–Trinajstić information content (AvgIpc) is 2.87. The molecule has 0 spiro atoms. The molecule has 1 atom stereocenters. The molecular formula is C14H14N4O5S. The molecule has 9 nitrogen and oxygen atoms in total. The summed E-state index contributed by atoms with van der Waals surface area (Å²) >= 11 is 1.03. The molecule has 4 N–H and O–H groups in total. The molecule has 0 aromatic heterocycles. The Labute approximate surface area is 140 Å². The highest BCUT2D eigenvalue weighted by Gasteiger charge is 2.32. The number of amidine groups is 1. The Balaban J connectivity index is 1.90. The zero-order valence-electron chi connectivity index (χ0n) is 12.3. The molecule has 1 aromatic rings. The lowest BCUT2D eigenvalue weighted by Gasteiger charge is -2.04. The molecule has 1 aliphatic heterocycles. The number of carboxylic acids is 1. The molecule has 1 aliphatic rings. The van der Waals surface area contributed by atoms with Gasteiger partial charge in [-0.3, -0.25) is 14.4 Å². The number of para-hydroxylation sites is 1. The highest BCUT2D eigenvalue weighted by molar-refractivity contribution is 8.15. The highest BCUT2D eigenvalue weighted by Crippen LogP contribution is 2.22. The van der Waals surface area contributed by atoms with E-state index in [4.69, 9.17) is 5.11 Å². The minimum atomic E-state index is -1.16. The molecule has 2 amide bonds. The van der Waals surface area contributed by atoms with Gasteiger partial charge in [0.05, 0.1) is 6.21 Å². The van der Waals surface area contributed by atoms with Gasteiger partial charge in [-0.15, -0.1) is 5.10 Å². The lowest BCUT2D eigenvalue weighted by Crippen LogP contribution is -2.33. The van der Waals surface area contributed by atoms with Gasteiger partial charge in [-0.25, -0.2) is 0 Å². The van der Waals surface area contributed by atoms with Gasteiger partial charge in [0.25, 0.3) is 0 Å². The number of nitrogens with one attached hydrogen (secondary N) is 2. The number of nitrogens with zero attached hydrogens (tertiary/aromatic N) is 2. The van der Waals surface area contributed by atoms with Crippen LogP contribution >= 0.6 is 11.8 Å². The molecule has 1 aromatic carbocycles. The molecule has 1 fully saturated rings. The van der Waals surface area contributed by atoms with Crippen molar-refractivity contribution in [1.29, 1.82) is 0 Å². The van der Waals surface area contributed by atoms with Gasteiger partial charge in [0.1, 0.15) is 17.5 Å². The van der Waals surface area contributed by atoms with Crippen molar-refractivity contribution in [2.24, 2.45) is 10.2 Å². The van der Waals surface area contributed by atoms with Crippen LogP contribution in [0.1, 0.15) is 12.0 Å². The zero-order valence-corrected chi connectivity index (χ0v) is 13.1. The standard InChI is InChI=1S/C14H14N4O5S/c19-9-4-2-1-3-8(9)6-16-18-14-17-13(23)10(24-14)5-11(20)15-7-12(21)22/h1-4,6,10,19H,5,7H2,(H,15,20)(H,21,22)(H,17,18,23)/b16-6+/t10-/m0/s1. The van der Waals surface area contributed by atoms with Crippen LogP contribution < -0.4 is 10.6 Å². The Kier molecular flexibility index (Phi) is 5.90. The summed E-state index contributed by atoms with van der Waals surface area (Å²) in [7, 11) is 0. The van der Waals surface area contributed by atoms with E-state index in [0.29, 0.717) is 5.56 Å². The van der Waals surface area contributed by atoms with Crippen LogP contribution in [-0.2, 0) is 14.4 Å². The number of aliphatic carboxylic acids is 1. The Hall–Kier alpha value is -2.88. The predicted molar refractivity (Wildman–Crippen MR) is 87.9 cm³/mol. The molecule has 24 heavy (non-hydrogen) atoms. The van der Waals surface area contributed by atoms with E-state index in [-0.39, 0.29) is 17.3 Å². The SMILES string of the molecule is O=C(O)CNC(=O)C[C@@H]1S/C(=N\N=C\c2ccccc2O)NC1=O. The van der Waals surface area contributed by atoms with Crippen LogP contribution in [0.2, 0.25) is 0 Å². The first-order valence-corrected chi connectivity index (χ1v) is 7.68. The lowest BCUT2D eigenvalue weighted by atomic mass is 10.2. The molecule has 1 saturated heterocycles.